The van der Waals surface area contributed by atoms with Gasteiger partial charge in [-0.05, 0) is 12.8 Å². The monoisotopic (exact) mass is 219 g/mol. The molecule has 0 fully saturated rings. The van der Waals surface area contributed by atoms with Crippen molar-refractivity contribution in [2.24, 2.45) is 27.5 Å². The molecule has 86 valence electrons. The SMILES string of the molecule is NC(N)=NCCCC(N)C(=O)OON=O. The molecule has 0 spiro atoms. The van der Waals surface area contributed by atoms with E-state index in [2.05, 4.69) is 14.9 Å². The fraction of sp³-hybridized carbons (Fsp3) is 0.667. The van der Waals surface area contributed by atoms with E-state index in [1.54, 1.807) is 0 Å². The number of aliphatic imine (C=N–C) groups is 1. The van der Waals surface area contributed by atoms with Crippen LogP contribution in [0.15, 0.2) is 10.3 Å². The predicted octanol–water partition coefficient (Wildman–Crippen LogP) is -1.48. The Bertz CT molecular complexity index is 240. The molecule has 1 unspecified atom stereocenters. The maximum Gasteiger partial charge on any atom is 0.374 e. The lowest BCUT2D eigenvalue weighted by atomic mass is 10.2. The van der Waals surface area contributed by atoms with Crippen molar-refractivity contribution in [3.8, 4) is 0 Å². The van der Waals surface area contributed by atoms with Crippen molar-refractivity contribution >= 4 is 11.9 Å². The predicted molar refractivity (Wildman–Crippen MR) is 50.9 cm³/mol. The minimum atomic E-state index is -0.902. The van der Waals surface area contributed by atoms with E-state index in [4.69, 9.17) is 17.2 Å². The molecule has 9 heteroatoms. The molecule has 1 atom stereocenters. The Kier molecular flexibility index (Phi) is 6.55. The summed E-state index contributed by atoms with van der Waals surface area (Å²) >= 11 is 0. The summed E-state index contributed by atoms with van der Waals surface area (Å²) in [6.07, 6.45) is 0.806. The van der Waals surface area contributed by atoms with Crippen LogP contribution in [0.4, 0.5) is 0 Å². The van der Waals surface area contributed by atoms with Gasteiger partial charge in [0.2, 0.25) is 5.34 Å². The number of carbonyl (C=O) groups excluding carboxylic acids is 1. The molecule has 0 aromatic rings. The van der Waals surface area contributed by atoms with Crippen molar-refractivity contribution in [3.05, 3.63) is 4.91 Å². The molecule has 6 N–H and O–H groups in total. The van der Waals surface area contributed by atoms with Gasteiger partial charge in [-0.15, -0.1) is 9.90 Å². The first-order valence-corrected chi connectivity index (χ1v) is 4.09. The Labute approximate surface area is 85.4 Å². The average Bonchev–Trinajstić information content (AvgIpc) is 2.20. The van der Waals surface area contributed by atoms with Gasteiger partial charge in [-0.25, -0.2) is 9.68 Å². The van der Waals surface area contributed by atoms with Crippen LogP contribution in [0.3, 0.4) is 0 Å². The second-order valence-corrected chi connectivity index (χ2v) is 2.61. The van der Waals surface area contributed by atoms with Crippen LogP contribution < -0.4 is 17.2 Å². The van der Waals surface area contributed by atoms with Crippen LogP contribution in [0.25, 0.3) is 0 Å². The molecular weight excluding hydrogens is 206 g/mol. The third kappa shape index (κ3) is 7.19. The molecule has 0 aromatic carbocycles. The van der Waals surface area contributed by atoms with Crippen LogP contribution in [0.5, 0.6) is 0 Å². The maximum atomic E-state index is 10.9. The average molecular weight is 219 g/mol. The molecule has 9 nitrogen and oxygen atoms in total. The highest BCUT2D eigenvalue weighted by Crippen LogP contribution is 1.98. The molecule has 0 saturated heterocycles. The summed E-state index contributed by atoms with van der Waals surface area (Å²) in [5, 5.41) is 1.87. The first kappa shape index (κ1) is 13.1. The quantitative estimate of drug-likeness (QED) is 0.118. The van der Waals surface area contributed by atoms with E-state index >= 15 is 0 Å². The van der Waals surface area contributed by atoms with Gasteiger partial charge in [0.25, 0.3) is 0 Å². The minimum absolute atomic E-state index is 0.0281. The van der Waals surface area contributed by atoms with E-state index in [1.807, 2.05) is 5.34 Å². The highest BCUT2D eigenvalue weighted by atomic mass is 17.3. The van der Waals surface area contributed by atoms with Gasteiger partial charge in [-0.1, -0.05) is 0 Å². The van der Waals surface area contributed by atoms with Crippen LogP contribution in [-0.2, 0) is 14.7 Å². The normalized spacial score (nSPS) is 11.3. The van der Waals surface area contributed by atoms with Crippen LogP contribution in [0.1, 0.15) is 12.8 Å². The molecule has 0 rings (SSSR count). The molecule has 0 aliphatic carbocycles. The lowest BCUT2D eigenvalue weighted by molar-refractivity contribution is -0.275. The van der Waals surface area contributed by atoms with Crippen molar-refractivity contribution < 1.29 is 14.7 Å². The largest absolute Gasteiger partial charge is 0.374 e. The summed E-state index contributed by atoms with van der Waals surface area (Å²) in [5.74, 6) is -0.904. The van der Waals surface area contributed by atoms with Crippen LogP contribution >= 0.6 is 0 Å². The summed E-state index contributed by atoms with van der Waals surface area (Å²) in [5.41, 5.74) is 15.5. The van der Waals surface area contributed by atoms with Crippen LogP contribution in [0, 0.1) is 4.91 Å². The number of nitrogens with two attached hydrogens (primary N) is 3. The zero-order chi connectivity index (χ0) is 11.7. The standard InChI is InChI=1S/C6H13N5O4/c7-4(5(12)14-15-11-13)2-1-3-10-6(8)9/h4H,1-3,7H2,(H4,8,9,10). The number of guanidine groups is 1. The van der Waals surface area contributed by atoms with Gasteiger partial charge < -0.3 is 17.2 Å². The van der Waals surface area contributed by atoms with Crippen molar-refractivity contribution in [1.29, 1.82) is 0 Å². The molecular formula is C6H13N5O4. The Morgan fingerprint density at radius 1 is 1.40 bits per heavy atom. The fourth-order valence-corrected chi connectivity index (χ4v) is 0.751. The third-order valence-corrected chi connectivity index (χ3v) is 1.42. The van der Waals surface area contributed by atoms with E-state index in [0.717, 1.165) is 0 Å². The summed E-state index contributed by atoms with van der Waals surface area (Å²) in [7, 11) is 0. The molecule has 0 aliphatic rings. The second kappa shape index (κ2) is 7.50. The van der Waals surface area contributed by atoms with E-state index in [1.165, 1.54) is 0 Å². The number of nitrogens with zero attached hydrogens (tertiary/aromatic N) is 2. The van der Waals surface area contributed by atoms with E-state index in [9.17, 15) is 9.70 Å². The highest BCUT2D eigenvalue weighted by molar-refractivity contribution is 5.75. The minimum Gasteiger partial charge on any atom is -0.370 e. The smallest absolute Gasteiger partial charge is 0.370 e. The summed E-state index contributed by atoms with van der Waals surface area (Å²) in [4.78, 5) is 31.4. The van der Waals surface area contributed by atoms with E-state index in [0.29, 0.717) is 19.4 Å². The number of carbonyl (C=O) groups is 1. The Balaban J connectivity index is 3.64. The molecule has 0 heterocycles. The third-order valence-electron chi connectivity index (χ3n) is 1.42. The zero-order valence-corrected chi connectivity index (χ0v) is 7.96. The maximum absolute atomic E-state index is 10.9. The topological polar surface area (TPSA) is 155 Å². The van der Waals surface area contributed by atoms with Gasteiger partial charge in [0.15, 0.2) is 5.96 Å². The molecule has 0 saturated carbocycles. The van der Waals surface area contributed by atoms with Crippen molar-refractivity contribution in [2.45, 2.75) is 18.9 Å². The molecule has 15 heavy (non-hydrogen) atoms. The van der Waals surface area contributed by atoms with Gasteiger partial charge in [0.05, 0.1) is 0 Å². The Morgan fingerprint density at radius 3 is 2.60 bits per heavy atom. The number of hydrogen-bond acceptors (Lipinski definition) is 7. The Hall–Kier alpha value is -1.90. The van der Waals surface area contributed by atoms with Gasteiger partial charge in [0.1, 0.15) is 6.04 Å². The zero-order valence-electron chi connectivity index (χ0n) is 7.96. The summed E-state index contributed by atoms with van der Waals surface area (Å²) < 4.78 is 0. The molecule has 0 bridgehead atoms. The van der Waals surface area contributed by atoms with E-state index < -0.39 is 12.0 Å². The lowest BCUT2D eigenvalue weighted by Crippen LogP contribution is -2.32. The molecule has 0 aromatic heterocycles. The fourth-order valence-electron chi connectivity index (χ4n) is 0.751. The number of rotatable bonds is 7. The summed E-state index contributed by atoms with van der Waals surface area (Å²) in [6, 6.07) is -0.902. The van der Waals surface area contributed by atoms with Gasteiger partial charge in [-0.2, -0.15) is 0 Å². The molecule has 0 aliphatic heterocycles. The molecule has 0 radical (unpaired) electrons. The van der Waals surface area contributed by atoms with Gasteiger partial charge >= 0.3 is 5.97 Å². The lowest BCUT2D eigenvalue weighted by Gasteiger charge is -2.05. The van der Waals surface area contributed by atoms with Gasteiger partial charge in [-0.3, -0.25) is 4.99 Å². The van der Waals surface area contributed by atoms with Crippen molar-refractivity contribution in [2.75, 3.05) is 6.54 Å². The summed E-state index contributed by atoms with van der Waals surface area (Å²) in [6.45, 7) is 0.357. The van der Waals surface area contributed by atoms with E-state index in [-0.39, 0.29) is 5.96 Å². The van der Waals surface area contributed by atoms with Crippen LogP contribution in [-0.4, -0.2) is 24.5 Å². The molecule has 0 amide bonds. The Morgan fingerprint density at radius 2 is 2.07 bits per heavy atom. The second-order valence-electron chi connectivity index (χ2n) is 2.61. The van der Waals surface area contributed by atoms with Crippen molar-refractivity contribution in [3.63, 3.8) is 0 Å². The number of hydrogen-bond donors (Lipinski definition) is 3. The highest BCUT2D eigenvalue weighted by Gasteiger charge is 2.16. The first-order valence-electron chi connectivity index (χ1n) is 4.09. The van der Waals surface area contributed by atoms with Crippen molar-refractivity contribution in [1.82, 2.24) is 0 Å². The van der Waals surface area contributed by atoms with Crippen LogP contribution in [0.2, 0.25) is 0 Å². The first-order chi connectivity index (χ1) is 7.07. The van der Waals surface area contributed by atoms with Gasteiger partial charge in [0, 0.05) is 6.54 Å².